The summed E-state index contributed by atoms with van der Waals surface area (Å²) in [5, 5.41) is 4.15. The molecule has 30 heavy (non-hydrogen) atoms. The smallest absolute Gasteiger partial charge is 0.257 e. The van der Waals surface area contributed by atoms with Crippen molar-refractivity contribution in [2.24, 2.45) is 0 Å². The first kappa shape index (κ1) is 18.6. The molecule has 0 atom stereocenters. The van der Waals surface area contributed by atoms with Gasteiger partial charge in [0.05, 0.1) is 11.3 Å². The Kier molecular flexibility index (Phi) is 4.62. The number of carbonyl (C=O) groups excluding carboxylic acids is 2. The molecule has 0 saturated heterocycles. The van der Waals surface area contributed by atoms with Crippen LogP contribution in [0.5, 0.6) is 0 Å². The number of nitrogens with zero attached hydrogens (tertiary/aromatic N) is 1. The van der Waals surface area contributed by atoms with Crippen molar-refractivity contribution in [1.82, 2.24) is 15.2 Å². The maximum Gasteiger partial charge on any atom is 0.257 e. The second-order valence-electron chi connectivity index (χ2n) is 7.92. The van der Waals surface area contributed by atoms with Gasteiger partial charge in [0.25, 0.3) is 11.8 Å². The summed E-state index contributed by atoms with van der Waals surface area (Å²) in [4.78, 5) is 31.2. The first-order valence-corrected chi connectivity index (χ1v) is 10.3. The van der Waals surface area contributed by atoms with E-state index in [2.05, 4.69) is 10.3 Å². The van der Waals surface area contributed by atoms with Gasteiger partial charge in [-0.15, -0.1) is 0 Å². The van der Waals surface area contributed by atoms with Crippen LogP contribution >= 0.6 is 0 Å². The van der Waals surface area contributed by atoms with Crippen molar-refractivity contribution in [3.63, 3.8) is 0 Å². The van der Waals surface area contributed by atoms with E-state index in [1.807, 2.05) is 24.3 Å². The Morgan fingerprint density at radius 1 is 1.07 bits per heavy atom. The average molecular weight is 403 g/mol. The fourth-order valence-electron chi connectivity index (χ4n) is 4.11. The number of hydrogen-bond acceptors (Lipinski definition) is 2. The summed E-state index contributed by atoms with van der Waals surface area (Å²) in [6.07, 6.45) is 5.34. The predicted octanol–water partition coefficient (Wildman–Crippen LogP) is 4.02. The van der Waals surface area contributed by atoms with Crippen molar-refractivity contribution in [2.45, 2.75) is 31.7 Å². The number of hydrogen-bond donors (Lipinski definition) is 2. The molecule has 6 heteroatoms. The number of halogens is 1. The van der Waals surface area contributed by atoms with Gasteiger partial charge in [-0.3, -0.25) is 9.59 Å². The number of aromatic nitrogens is 1. The maximum atomic E-state index is 13.3. The van der Waals surface area contributed by atoms with Gasteiger partial charge in [0.1, 0.15) is 5.82 Å². The first-order chi connectivity index (χ1) is 14.6. The molecular weight excluding hydrogens is 381 g/mol. The molecule has 1 fully saturated rings. The van der Waals surface area contributed by atoms with Gasteiger partial charge in [0, 0.05) is 35.3 Å². The highest BCUT2D eigenvalue weighted by Crippen LogP contribution is 2.32. The van der Waals surface area contributed by atoms with Crippen LogP contribution in [0.3, 0.4) is 0 Å². The Balaban J connectivity index is 1.55. The number of H-pyrrole nitrogens is 1. The second kappa shape index (κ2) is 7.44. The fourth-order valence-corrected chi connectivity index (χ4v) is 4.11. The zero-order valence-corrected chi connectivity index (χ0v) is 16.5. The highest BCUT2D eigenvalue weighted by molar-refractivity contribution is 6.21. The Hall–Kier alpha value is -3.41. The topological polar surface area (TPSA) is 65.2 Å². The molecule has 2 aliphatic rings. The summed E-state index contributed by atoms with van der Waals surface area (Å²) in [6, 6.07) is 13.6. The molecule has 0 radical (unpaired) electrons. The van der Waals surface area contributed by atoms with Crippen LogP contribution in [-0.2, 0) is 11.2 Å². The van der Waals surface area contributed by atoms with E-state index in [9.17, 15) is 14.0 Å². The van der Waals surface area contributed by atoms with Crippen LogP contribution in [0.15, 0.2) is 54.7 Å². The van der Waals surface area contributed by atoms with Crippen molar-refractivity contribution in [2.75, 3.05) is 6.54 Å². The Morgan fingerprint density at radius 3 is 2.57 bits per heavy atom. The summed E-state index contributed by atoms with van der Waals surface area (Å²) in [7, 11) is 0. The van der Waals surface area contributed by atoms with E-state index in [0.717, 1.165) is 41.4 Å². The van der Waals surface area contributed by atoms with E-state index in [0.29, 0.717) is 24.1 Å². The summed E-state index contributed by atoms with van der Waals surface area (Å²) in [5.74, 6) is -0.815. The van der Waals surface area contributed by atoms with E-state index in [1.165, 1.54) is 24.3 Å². The third-order valence-corrected chi connectivity index (χ3v) is 6.01. The van der Waals surface area contributed by atoms with E-state index >= 15 is 0 Å². The van der Waals surface area contributed by atoms with Crippen LogP contribution in [0.4, 0.5) is 4.39 Å². The van der Waals surface area contributed by atoms with Crippen LogP contribution in [0.25, 0.3) is 16.5 Å². The Bertz CT molecular complexity index is 1160. The average Bonchev–Trinajstić information content (AvgIpc) is 2.98. The summed E-state index contributed by atoms with van der Waals surface area (Å²) in [5.41, 5.74) is 3.63. The number of rotatable bonds is 3. The molecule has 0 unspecified atom stereocenters. The highest BCUT2D eigenvalue weighted by atomic mass is 19.1. The number of fused-ring (bicyclic) bond motifs is 3. The van der Waals surface area contributed by atoms with Crippen molar-refractivity contribution in [1.29, 1.82) is 0 Å². The van der Waals surface area contributed by atoms with Crippen LogP contribution in [0, 0.1) is 5.82 Å². The summed E-state index contributed by atoms with van der Waals surface area (Å²) < 4.78 is 13.3. The molecule has 1 saturated carbocycles. The van der Waals surface area contributed by atoms with E-state index in [-0.39, 0.29) is 23.7 Å². The highest BCUT2D eigenvalue weighted by Gasteiger charge is 2.29. The summed E-state index contributed by atoms with van der Waals surface area (Å²) >= 11 is 0. The largest absolute Gasteiger partial charge is 0.354 e. The first-order valence-electron chi connectivity index (χ1n) is 10.3. The molecule has 5 rings (SSSR count). The lowest BCUT2D eigenvalue weighted by Crippen LogP contribution is -2.40. The van der Waals surface area contributed by atoms with Crippen LogP contribution in [0.2, 0.25) is 0 Å². The third-order valence-electron chi connectivity index (χ3n) is 6.01. The second-order valence-corrected chi connectivity index (χ2v) is 7.92. The van der Waals surface area contributed by atoms with Gasteiger partial charge in [-0.2, -0.15) is 0 Å². The van der Waals surface area contributed by atoms with Gasteiger partial charge in [-0.05, 0) is 61.6 Å². The lowest BCUT2D eigenvalue weighted by molar-refractivity contribution is -0.116. The quantitative estimate of drug-likeness (QED) is 0.694. The fraction of sp³-hybridized carbons (Fsp3) is 0.250. The van der Waals surface area contributed by atoms with Gasteiger partial charge in [0.2, 0.25) is 0 Å². The normalized spacial score (nSPS) is 16.4. The molecule has 2 N–H and O–H groups in total. The molecule has 1 aliphatic carbocycles. The third kappa shape index (κ3) is 3.28. The standard InChI is InChI=1S/C24H22FN3O2/c25-16-10-8-15(9-11-16)24(30)28-13-12-19-18-6-1-2-7-21(18)27-22(19)20(14-28)23(29)26-17-4-3-5-17/h1-2,6-11,14,17,27H,3-5,12-13H2,(H,26,29). The van der Waals surface area contributed by atoms with E-state index in [1.54, 1.807) is 11.1 Å². The number of nitrogens with one attached hydrogen (secondary N) is 2. The van der Waals surface area contributed by atoms with Gasteiger partial charge >= 0.3 is 0 Å². The molecular formula is C24H22FN3O2. The zero-order valence-electron chi connectivity index (χ0n) is 16.5. The van der Waals surface area contributed by atoms with Crippen molar-refractivity contribution >= 4 is 28.3 Å². The van der Waals surface area contributed by atoms with Crippen LogP contribution in [-0.4, -0.2) is 34.3 Å². The zero-order chi connectivity index (χ0) is 20.7. The maximum absolute atomic E-state index is 13.3. The minimum absolute atomic E-state index is 0.175. The van der Waals surface area contributed by atoms with E-state index in [4.69, 9.17) is 0 Å². The molecule has 1 aromatic heterocycles. The lowest BCUT2D eigenvalue weighted by atomic mass is 9.92. The minimum Gasteiger partial charge on any atom is -0.354 e. The van der Waals surface area contributed by atoms with Crippen molar-refractivity contribution < 1.29 is 14.0 Å². The van der Waals surface area contributed by atoms with Gasteiger partial charge in [-0.1, -0.05) is 18.2 Å². The molecule has 0 spiro atoms. The molecule has 0 bridgehead atoms. The molecule has 2 heterocycles. The molecule has 1 aliphatic heterocycles. The van der Waals surface area contributed by atoms with Crippen LogP contribution < -0.4 is 5.32 Å². The molecule has 152 valence electrons. The predicted molar refractivity (Wildman–Crippen MR) is 113 cm³/mol. The van der Waals surface area contributed by atoms with Crippen LogP contribution in [0.1, 0.15) is 40.9 Å². The van der Waals surface area contributed by atoms with Gasteiger partial charge in [-0.25, -0.2) is 4.39 Å². The van der Waals surface area contributed by atoms with Crippen molar-refractivity contribution in [3.05, 3.63) is 77.4 Å². The molecule has 3 aromatic rings. The number of benzene rings is 2. The number of amides is 2. The monoisotopic (exact) mass is 403 g/mol. The van der Waals surface area contributed by atoms with E-state index < -0.39 is 0 Å². The Labute approximate surface area is 173 Å². The lowest BCUT2D eigenvalue weighted by Gasteiger charge is -2.27. The molecule has 2 aromatic carbocycles. The number of carbonyl (C=O) groups is 2. The molecule has 5 nitrogen and oxygen atoms in total. The van der Waals surface area contributed by atoms with Crippen molar-refractivity contribution in [3.8, 4) is 0 Å². The van der Waals surface area contributed by atoms with Gasteiger partial charge < -0.3 is 15.2 Å². The minimum atomic E-state index is -0.389. The molecule has 2 amide bonds. The number of para-hydroxylation sites is 1. The van der Waals surface area contributed by atoms with Gasteiger partial charge in [0.15, 0.2) is 0 Å². The Morgan fingerprint density at radius 2 is 1.83 bits per heavy atom. The summed E-state index contributed by atoms with van der Waals surface area (Å²) in [6.45, 7) is 0.436. The number of aromatic amines is 1. The SMILES string of the molecule is O=C(NC1CCC1)C1=CN(C(=O)c2ccc(F)cc2)CCc2c1[nH]c1ccccc21.